The highest BCUT2D eigenvalue weighted by atomic mass is 35.5. The molecule has 1 unspecified atom stereocenters. The van der Waals surface area contributed by atoms with Gasteiger partial charge in [-0.15, -0.1) is 0 Å². The molecule has 2 aromatic rings. The van der Waals surface area contributed by atoms with Crippen LogP contribution in [0.4, 0.5) is 0 Å². The van der Waals surface area contributed by atoms with Crippen molar-refractivity contribution in [2.75, 3.05) is 39.5 Å². The minimum Gasteiger partial charge on any atom is -0.341 e. The van der Waals surface area contributed by atoms with E-state index in [0.717, 1.165) is 11.1 Å². The number of carbonyl (C=O) groups excluding carboxylic acids is 1. The number of hydrogen-bond acceptors (Lipinski definition) is 4. The van der Waals surface area contributed by atoms with E-state index in [4.69, 9.17) is 34.8 Å². The molecule has 1 amide bonds. The molecule has 6 nitrogen and oxygen atoms in total. The number of sulfonamides is 1. The van der Waals surface area contributed by atoms with Gasteiger partial charge in [-0.3, -0.25) is 4.79 Å². The monoisotopic (exact) mass is 559 g/mol. The number of halogens is 3. The molecule has 0 radical (unpaired) electrons. The first-order chi connectivity index (χ1) is 16.3. The van der Waals surface area contributed by atoms with E-state index >= 15 is 0 Å². The summed E-state index contributed by atoms with van der Waals surface area (Å²) in [6.07, 6.45) is 1.77. The van der Waals surface area contributed by atoms with E-state index in [2.05, 4.69) is 4.90 Å². The molecule has 10 heteroatoms. The number of hydrogen-bond donors (Lipinski definition) is 0. The molecule has 2 aromatic carbocycles. The Bertz CT molecular complexity index is 1180. The summed E-state index contributed by atoms with van der Waals surface area (Å²) >= 11 is 18.8. The Kier molecular flexibility index (Phi) is 9.16. The number of amides is 1. The molecule has 35 heavy (non-hydrogen) atoms. The Morgan fingerprint density at radius 2 is 1.77 bits per heavy atom. The third-order valence-corrected chi connectivity index (χ3v) is 9.25. The molecule has 1 aliphatic heterocycles. The predicted octanol–water partition coefficient (Wildman–Crippen LogP) is 4.92. The van der Waals surface area contributed by atoms with Crippen molar-refractivity contribution < 1.29 is 13.2 Å². The van der Waals surface area contributed by atoms with Crippen molar-refractivity contribution in [1.82, 2.24) is 14.1 Å². The van der Waals surface area contributed by atoms with Gasteiger partial charge in [0.25, 0.3) is 0 Å². The minimum absolute atomic E-state index is 0.0568. The van der Waals surface area contributed by atoms with Crippen molar-refractivity contribution in [3.8, 4) is 0 Å². The molecule has 3 rings (SSSR count). The second-order valence-corrected chi connectivity index (χ2v) is 12.6. The van der Waals surface area contributed by atoms with Crippen molar-refractivity contribution in [2.24, 2.45) is 0 Å². The summed E-state index contributed by atoms with van der Waals surface area (Å²) in [4.78, 5) is 17.8. The second-order valence-electron chi connectivity index (χ2n) is 9.49. The van der Waals surface area contributed by atoms with Crippen molar-refractivity contribution >= 4 is 50.7 Å². The summed E-state index contributed by atoms with van der Waals surface area (Å²) in [6, 6.07) is 12.7. The van der Waals surface area contributed by atoms with Crippen LogP contribution >= 0.6 is 34.8 Å². The van der Waals surface area contributed by atoms with E-state index in [1.165, 1.54) is 10.6 Å². The molecule has 1 fully saturated rings. The van der Waals surface area contributed by atoms with Gasteiger partial charge in [0, 0.05) is 44.3 Å². The van der Waals surface area contributed by atoms with Gasteiger partial charge in [-0.1, -0.05) is 59.1 Å². The quantitative estimate of drug-likeness (QED) is 0.460. The third-order valence-electron chi connectivity index (χ3n) is 6.75. The summed E-state index contributed by atoms with van der Waals surface area (Å²) in [5.41, 5.74) is 0.777. The van der Waals surface area contributed by atoms with Crippen molar-refractivity contribution in [3.05, 3.63) is 68.7 Å². The zero-order valence-electron chi connectivity index (χ0n) is 20.5. The third kappa shape index (κ3) is 6.70. The van der Waals surface area contributed by atoms with E-state index in [0.29, 0.717) is 54.2 Å². The smallest absolute Gasteiger partial charge is 0.233 e. The normalized spacial score (nSPS) is 19.3. The lowest BCUT2D eigenvalue weighted by Gasteiger charge is -2.40. The Hall–Kier alpha value is -1.35. The van der Waals surface area contributed by atoms with E-state index in [-0.39, 0.29) is 11.9 Å². The van der Waals surface area contributed by atoms with Gasteiger partial charge in [-0.2, -0.15) is 4.31 Å². The first kappa shape index (κ1) is 28.2. The van der Waals surface area contributed by atoms with E-state index < -0.39 is 15.4 Å². The molecular formula is C25H32Cl3N3O3S. The zero-order chi connectivity index (χ0) is 26.0. The van der Waals surface area contributed by atoms with E-state index in [1.54, 1.807) is 24.1 Å². The number of piperazine rings is 1. The highest BCUT2D eigenvalue weighted by Gasteiger charge is 2.39. The van der Waals surface area contributed by atoms with Crippen LogP contribution in [0.2, 0.25) is 15.1 Å². The first-order valence-corrected chi connectivity index (χ1v) is 14.4. The largest absolute Gasteiger partial charge is 0.341 e. The van der Waals surface area contributed by atoms with Gasteiger partial charge in [0.2, 0.25) is 15.9 Å². The fourth-order valence-electron chi connectivity index (χ4n) is 4.68. The van der Waals surface area contributed by atoms with Gasteiger partial charge in [0.15, 0.2) is 0 Å². The van der Waals surface area contributed by atoms with Crippen LogP contribution < -0.4 is 0 Å². The SMILES string of the molecule is C[C@@H]1CN(CCC(C)(C(=O)N(C)Cc2ccccc2Cl)c2ccc(Cl)c(Cl)c2)CCN1S(C)(=O)=O. The van der Waals surface area contributed by atoms with Crippen LogP contribution in [0.15, 0.2) is 42.5 Å². The lowest BCUT2D eigenvalue weighted by molar-refractivity contribution is -0.136. The van der Waals surface area contributed by atoms with Crippen LogP contribution in [0.25, 0.3) is 0 Å². The maximum absolute atomic E-state index is 13.9. The standard InChI is InChI=1S/C25H32Cl3N3O3S/c1-18-16-30(13-14-31(18)35(4,33)34)12-11-25(2,20-9-10-22(27)23(28)15-20)24(32)29(3)17-19-7-5-6-8-21(19)26/h5-10,15,18H,11-14,16-17H2,1-4H3/t18-,25?/m1/s1. The summed E-state index contributed by atoms with van der Waals surface area (Å²) < 4.78 is 25.6. The number of rotatable bonds is 8. The molecule has 192 valence electrons. The highest BCUT2D eigenvalue weighted by molar-refractivity contribution is 7.88. The summed E-state index contributed by atoms with van der Waals surface area (Å²) in [7, 11) is -1.47. The predicted molar refractivity (Wildman–Crippen MR) is 144 cm³/mol. The van der Waals surface area contributed by atoms with Crippen LogP contribution in [0, 0.1) is 0 Å². The van der Waals surface area contributed by atoms with Crippen LogP contribution in [-0.4, -0.2) is 74.0 Å². The molecule has 2 atom stereocenters. The number of nitrogens with zero attached hydrogens (tertiary/aromatic N) is 3. The fraction of sp³-hybridized carbons (Fsp3) is 0.480. The molecule has 1 saturated heterocycles. The van der Waals surface area contributed by atoms with Gasteiger partial charge in [0.05, 0.1) is 21.7 Å². The number of benzene rings is 2. The van der Waals surface area contributed by atoms with Crippen LogP contribution in [0.5, 0.6) is 0 Å². The van der Waals surface area contributed by atoms with Crippen LogP contribution in [-0.2, 0) is 26.8 Å². The number of likely N-dealkylation sites (N-methyl/N-ethyl adjacent to an activating group) is 1. The summed E-state index contributed by atoms with van der Waals surface area (Å²) in [5.74, 6) is -0.0568. The second kappa shape index (κ2) is 11.4. The lowest BCUT2D eigenvalue weighted by Crippen LogP contribution is -2.54. The first-order valence-electron chi connectivity index (χ1n) is 11.5. The molecule has 0 N–H and O–H groups in total. The topological polar surface area (TPSA) is 60.9 Å². The molecule has 0 aliphatic carbocycles. The van der Waals surface area contributed by atoms with Crippen LogP contribution in [0.1, 0.15) is 31.4 Å². The van der Waals surface area contributed by atoms with Gasteiger partial charge in [-0.25, -0.2) is 8.42 Å². The Morgan fingerprint density at radius 3 is 2.37 bits per heavy atom. The van der Waals surface area contributed by atoms with Crippen molar-refractivity contribution in [1.29, 1.82) is 0 Å². The van der Waals surface area contributed by atoms with Crippen LogP contribution in [0.3, 0.4) is 0 Å². The average Bonchev–Trinajstić information content (AvgIpc) is 2.79. The molecule has 0 bridgehead atoms. The highest BCUT2D eigenvalue weighted by Crippen LogP contribution is 2.35. The molecule has 0 saturated carbocycles. The van der Waals surface area contributed by atoms with Gasteiger partial charge in [-0.05, 0) is 56.1 Å². The molecule has 0 spiro atoms. The number of carbonyl (C=O) groups is 1. The summed E-state index contributed by atoms with van der Waals surface area (Å²) in [6.45, 7) is 6.49. The average molecular weight is 561 g/mol. The Labute approximate surface area is 223 Å². The van der Waals surface area contributed by atoms with Crippen molar-refractivity contribution in [3.63, 3.8) is 0 Å². The van der Waals surface area contributed by atoms with Gasteiger partial charge < -0.3 is 9.80 Å². The fourth-order valence-corrected chi connectivity index (χ4v) is 6.31. The zero-order valence-corrected chi connectivity index (χ0v) is 23.6. The molecule has 1 aliphatic rings. The van der Waals surface area contributed by atoms with E-state index in [1.807, 2.05) is 44.2 Å². The lowest BCUT2D eigenvalue weighted by atomic mass is 9.77. The summed E-state index contributed by atoms with van der Waals surface area (Å²) in [5, 5.41) is 1.44. The Balaban J connectivity index is 1.83. The van der Waals surface area contributed by atoms with E-state index in [9.17, 15) is 13.2 Å². The molecular weight excluding hydrogens is 529 g/mol. The Morgan fingerprint density at radius 1 is 1.09 bits per heavy atom. The molecule has 0 aromatic heterocycles. The molecule has 1 heterocycles. The maximum Gasteiger partial charge on any atom is 0.233 e. The van der Waals surface area contributed by atoms with Crippen molar-refractivity contribution in [2.45, 2.75) is 38.3 Å². The van der Waals surface area contributed by atoms with Gasteiger partial charge >= 0.3 is 0 Å². The minimum atomic E-state index is -3.24. The maximum atomic E-state index is 13.9. The van der Waals surface area contributed by atoms with Gasteiger partial charge in [0.1, 0.15) is 0 Å².